The number of anilines is 2. The van der Waals surface area contributed by atoms with Gasteiger partial charge in [0.05, 0.1) is 17.8 Å². The van der Waals surface area contributed by atoms with Crippen LogP contribution in [0.3, 0.4) is 0 Å². The number of nitrogens with one attached hydrogen (secondary N) is 2. The molecule has 2 aliphatic heterocycles. The summed E-state index contributed by atoms with van der Waals surface area (Å²) in [6, 6.07) is 15.7. The molecule has 4 atom stereocenters. The number of para-hydroxylation sites is 1. The number of ether oxygens (including phenoxy) is 1. The third-order valence-corrected chi connectivity index (χ3v) is 6.12. The van der Waals surface area contributed by atoms with Gasteiger partial charge < -0.3 is 15.4 Å². The highest BCUT2D eigenvalue weighted by Crippen LogP contribution is 2.38. The van der Waals surface area contributed by atoms with E-state index in [1.165, 1.54) is 22.4 Å². The van der Waals surface area contributed by atoms with Gasteiger partial charge in [0.2, 0.25) is 0 Å². The molecule has 0 fully saturated rings. The molecule has 0 spiro atoms. The SMILES string of the molecule is C1=CC2Nc3ccc(C4=CC5Cc6ccccc6NC5C=C4)cc3OC2C=C1. The molecule has 2 aliphatic carbocycles. The molecule has 0 radical (unpaired) electrons. The summed E-state index contributed by atoms with van der Waals surface area (Å²) in [6.45, 7) is 0. The van der Waals surface area contributed by atoms with Gasteiger partial charge >= 0.3 is 0 Å². The summed E-state index contributed by atoms with van der Waals surface area (Å²) in [4.78, 5) is 0. The van der Waals surface area contributed by atoms with Crippen molar-refractivity contribution in [3.05, 3.63) is 96.1 Å². The van der Waals surface area contributed by atoms with Gasteiger partial charge in [-0.25, -0.2) is 0 Å². The zero-order valence-corrected chi connectivity index (χ0v) is 15.5. The van der Waals surface area contributed by atoms with E-state index in [-0.39, 0.29) is 12.1 Å². The molecule has 0 bridgehead atoms. The summed E-state index contributed by atoms with van der Waals surface area (Å²) in [5.41, 5.74) is 6.22. The maximum absolute atomic E-state index is 6.26. The van der Waals surface area contributed by atoms with Crippen LogP contribution in [0.25, 0.3) is 5.57 Å². The second kappa shape index (κ2) is 6.16. The molecule has 3 nitrogen and oxygen atoms in total. The Morgan fingerprint density at radius 3 is 2.75 bits per heavy atom. The number of fused-ring (bicyclic) bond motifs is 4. The molecule has 2 aromatic carbocycles. The van der Waals surface area contributed by atoms with E-state index >= 15 is 0 Å². The van der Waals surface area contributed by atoms with Gasteiger partial charge in [-0.05, 0) is 47.4 Å². The molecule has 0 saturated heterocycles. The van der Waals surface area contributed by atoms with Gasteiger partial charge in [0.25, 0.3) is 0 Å². The van der Waals surface area contributed by atoms with Crippen molar-refractivity contribution in [1.82, 2.24) is 0 Å². The second-order valence-corrected chi connectivity index (χ2v) is 7.91. The predicted molar refractivity (Wildman–Crippen MR) is 115 cm³/mol. The van der Waals surface area contributed by atoms with E-state index in [9.17, 15) is 0 Å². The second-order valence-electron chi connectivity index (χ2n) is 7.91. The molecule has 3 heteroatoms. The smallest absolute Gasteiger partial charge is 0.144 e. The number of hydrogen-bond acceptors (Lipinski definition) is 3. The monoisotopic (exact) mass is 366 g/mol. The van der Waals surface area contributed by atoms with E-state index in [0.717, 1.165) is 17.9 Å². The van der Waals surface area contributed by atoms with Crippen molar-refractivity contribution in [2.75, 3.05) is 10.6 Å². The molecule has 0 saturated carbocycles. The van der Waals surface area contributed by atoms with Crippen LogP contribution in [-0.4, -0.2) is 18.2 Å². The lowest BCUT2D eigenvalue weighted by Crippen LogP contribution is -2.39. The van der Waals surface area contributed by atoms with E-state index in [1.807, 2.05) is 0 Å². The lowest BCUT2D eigenvalue weighted by molar-refractivity contribution is 0.229. The maximum Gasteiger partial charge on any atom is 0.144 e. The Hall–Kier alpha value is -3.20. The Bertz CT molecular complexity index is 1060. The Morgan fingerprint density at radius 2 is 1.75 bits per heavy atom. The van der Waals surface area contributed by atoms with Crippen LogP contribution in [0.5, 0.6) is 5.75 Å². The number of rotatable bonds is 1. The van der Waals surface area contributed by atoms with E-state index in [2.05, 4.69) is 95.6 Å². The first-order valence-corrected chi connectivity index (χ1v) is 10.0. The van der Waals surface area contributed by atoms with E-state index < -0.39 is 0 Å². The summed E-state index contributed by atoms with van der Waals surface area (Å²) < 4.78 is 6.26. The zero-order chi connectivity index (χ0) is 18.5. The Morgan fingerprint density at radius 1 is 0.857 bits per heavy atom. The third kappa shape index (κ3) is 2.58. The first kappa shape index (κ1) is 15.8. The van der Waals surface area contributed by atoms with Crippen LogP contribution in [0, 0.1) is 5.92 Å². The van der Waals surface area contributed by atoms with Crippen LogP contribution in [0.1, 0.15) is 11.1 Å². The van der Waals surface area contributed by atoms with Crippen LogP contribution >= 0.6 is 0 Å². The minimum Gasteiger partial charge on any atom is -0.482 e. The molecule has 138 valence electrons. The van der Waals surface area contributed by atoms with Gasteiger partial charge in [-0.15, -0.1) is 0 Å². The van der Waals surface area contributed by atoms with Crippen LogP contribution in [0.4, 0.5) is 11.4 Å². The van der Waals surface area contributed by atoms with Crippen LogP contribution in [-0.2, 0) is 6.42 Å². The van der Waals surface area contributed by atoms with Crippen LogP contribution < -0.4 is 15.4 Å². The summed E-state index contributed by atoms with van der Waals surface area (Å²) in [6.07, 6.45) is 16.5. The van der Waals surface area contributed by atoms with Gasteiger partial charge in [0, 0.05) is 11.6 Å². The van der Waals surface area contributed by atoms with Crippen molar-refractivity contribution in [2.45, 2.75) is 24.6 Å². The van der Waals surface area contributed by atoms with Crippen LogP contribution in [0.2, 0.25) is 0 Å². The molecule has 0 aromatic heterocycles. The molecule has 2 N–H and O–H groups in total. The Kier molecular flexibility index (Phi) is 3.48. The lowest BCUT2D eigenvalue weighted by Gasteiger charge is -2.35. The number of allylic oxidation sites excluding steroid dienone is 4. The van der Waals surface area contributed by atoms with E-state index in [1.54, 1.807) is 0 Å². The first-order chi connectivity index (χ1) is 13.8. The fraction of sp³-hybridized carbons (Fsp3) is 0.200. The van der Waals surface area contributed by atoms with Crippen LogP contribution in [0.15, 0.2) is 85.0 Å². The summed E-state index contributed by atoms with van der Waals surface area (Å²) >= 11 is 0. The minimum atomic E-state index is 0.0621. The highest BCUT2D eigenvalue weighted by molar-refractivity contribution is 5.79. The molecular formula is C25H22N2O. The molecule has 2 aromatic rings. The Balaban J connectivity index is 1.30. The standard InChI is InChI=1S/C25H22N2O/c1-2-6-20-18(5-1)14-19-13-16(9-11-21(19)26-20)17-10-12-23-25(15-17)28-24-8-4-3-7-22(24)27-23/h1-13,15,19,21-22,24,26-27H,14H2. The third-order valence-electron chi connectivity index (χ3n) is 6.12. The average Bonchev–Trinajstić information content (AvgIpc) is 2.75. The zero-order valence-electron chi connectivity index (χ0n) is 15.5. The normalized spacial score (nSPS) is 28.5. The first-order valence-electron chi connectivity index (χ1n) is 10.0. The van der Waals surface area contributed by atoms with Gasteiger partial charge in [0.15, 0.2) is 0 Å². The highest BCUT2D eigenvalue weighted by Gasteiger charge is 2.29. The fourth-order valence-electron chi connectivity index (χ4n) is 4.62. The lowest BCUT2D eigenvalue weighted by atomic mass is 9.81. The van der Waals surface area contributed by atoms with E-state index in [4.69, 9.17) is 4.74 Å². The summed E-state index contributed by atoms with van der Waals surface area (Å²) in [5.74, 6) is 1.41. The molecule has 0 amide bonds. The van der Waals surface area contributed by atoms with Crippen molar-refractivity contribution in [2.24, 2.45) is 5.92 Å². The Labute approximate surface area is 165 Å². The van der Waals surface area contributed by atoms with E-state index in [0.29, 0.717) is 12.0 Å². The maximum atomic E-state index is 6.26. The van der Waals surface area contributed by atoms with Crippen molar-refractivity contribution in [3.8, 4) is 5.75 Å². The molecular weight excluding hydrogens is 344 g/mol. The minimum absolute atomic E-state index is 0.0621. The molecule has 6 rings (SSSR count). The topological polar surface area (TPSA) is 33.3 Å². The van der Waals surface area contributed by atoms with Gasteiger partial charge in [-0.1, -0.05) is 60.7 Å². The molecule has 4 aliphatic rings. The number of benzene rings is 2. The van der Waals surface area contributed by atoms with Crippen molar-refractivity contribution >= 4 is 16.9 Å². The molecule has 4 unspecified atom stereocenters. The largest absolute Gasteiger partial charge is 0.482 e. The highest BCUT2D eigenvalue weighted by atomic mass is 16.5. The van der Waals surface area contributed by atoms with Gasteiger partial charge in [0.1, 0.15) is 11.9 Å². The average molecular weight is 366 g/mol. The molecule has 28 heavy (non-hydrogen) atoms. The summed E-state index contributed by atoms with van der Waals surface area (Å²) in [5, 5.41) is 7.25. The van der Waals surface area contributed by atoms with Gasteiger partial charge in [-0.2, -0.15) is 0 Å². The number of hydrogen-bond donors (Lipinski definition) is 2. The fourth-order valence-corrected chi connectivity index (χ4v) is 4.62. The molecule has 2 heterocycles. The van der Waals surface area contributed by atoms with Crippen molar-refractivity contribution in [3.63, 3.8) is 0 Å². The van der Waals surface area contributed by atoms with Crippen molar-refractivity contribution < 1.29 is 4.74 Å². The summed E-state index contributed by atoms with van der Waals surface area (Å²) in [7, 11) is 0. The predicted octanol–water partition coefficient (Wildman–Crippen LogP) is 4.96. The van der Waals surface area contributed by atoms with Gasteiger partial charge in [-0.3, -0.25) is 0 Å². The quantitative estimate of drug-likeness (QED) is 0.748. The van der Waals surface area contributed by atoms with Crippen molar-refractivity contribution in [1.29, 1.82) is 0 Å².